The second-order valence-corrected chi connectivity index (χ2v) is 68.7. The van der Waals surface area contributed by atoms with Crippen molar-refractivity contribution >= 4 is 119 Å². The van der Waals surface area contributed by atoms with Crippen LogP contribution < -0.4 is 26.6 Å². The monoisotopic (exact) mass is 1960 g/mol. The first-order valence-electron chi connectivity index (χ1n) is 33.9. The van der Waals surface area contributed by atoms with Crippen LogP contribution in [-0.2, 0) is 124 Å². The number of rotatable bonds is 0. The third kappa shape index (κ3) is 82.4. The molecule has 0 aromatic rings. The molecular weight excluding hydrogens is 1800 g/mol. The summed E-state index contributed by atoms with van der Waals surface area (Å²) in [6, 6.07) is 0. The van der Waals surface area contributed by atoms with Gasteiger partial charge in [0.05, 0.1) is 111 Å². The van der Waals surface area contributed by atoms with Crippen LogP contribution in [0.1, 0.15) is 38.5 Å². The Bertz CT molecular complexity index is 1160. The molecule has 5 aliphatic heterocycles. The summed E-state index contributed by atoms with van der Waals surface area (Å²) in [7, 11) is 2.13. The van der Waals surface area contributed by atoms with Crippen molar-refractivity contribution in [1.29, 1.82) is 0 Å². The summed E-state index contributed by atoms with van der Waals surface area (Å²) in [4.78, 5) is 0. The van der Waals surface area contributed by atoms with E-state index in [-0.39, 0.29) is 225 Å². The average molecular weight is 1960 g/mol. The Labute approximate surface area is 679 Å². The quantitative estimate of drug-likeness (QED) is 0.0951. The van der Waals surface area contributed by atoms with Gasteiger partial charge < -0.3 is 56.3 Å². The second kappa shape index (κ2) is 84.9. The van der Waals surface area contributed by atoms with Gasteiger partial charge in [-0.15, -0.1) is 47.5 Å². The molecular formula is C65H163N5P15Ru3Y2+12. The molecule has 5 fully saturated rings. The topological polar surface area (TPSA) is 60.1 Å². The van der Waals surface area contributed by atoms with Crippen molar-refractivity contribution in [3.63, 3.8) is 0 Å². The Morgan fingerprint density at radius 3 is 0.567 bits per heavy atom. The van der Waals surface area contributed by atoms with E-state index < -0.39 is 0 Å². The molecule has 0 bridgehead atoms. The van der Waals surface area contributed by atoms with Crippen molar-refractivity contribution in [2.45, 2.75) is 38.5 Å². The molecule has 0 aromatic carbocycles. The third-order valence-electron chi connectivity index (χ3n) is 17.7. The van der Waals surface area contributed by atoms with Gasteiger partial charge in [-0.1, -0.05) is 0 Å². The molecule has 0 saturated carbocycles. The minimum atomic E-state index is -0.0136. The van der Waals surface area contributed by atoms with Gasteiger partial charge in [0.25, 0.3) is 0 Å². The van der Waals surface area contributed by atoms with E-state index in [1.165, 1.54) is 177 Å². The van der Waals surface area contributed by atoms with Gasteiger partial charge in [-0.2, -0.15) is 0 Å². The van der Waals surface area contributed by atoms with Crippen molar-refractivity contribution in [1.82, 2.24) is 26.6 Å². The SMILES string of the molecule is CP1CCCP(C)CCNCCP(C)CCC1.CP1CCNCCP(C)CCP(C)CC1.C[PH+]1CCC[PH+](C)CCNCC[PH+](C)CCC1.C[PH+]1CCC[PH+](C)CCNCC[PH+](C)CCC1.C[PH+]1CCNCC[PH+](C)CC[PH+](C)CC1.[CH3-].[CH3-].[CH3-].[CH3-].[Ru+2].[Ru+2].[Ru+3].[Y].[Y]. The maximum Gasteiger partial charge on any atom is 3.00 e. The molecule has 0 spiro atoms. The maximum atomic E-state index is 3.67. The van der Waals surface area contributed by atoms with Crippen molar-refractivity contribution in [2.75, 3.05) is 350 Å². The summed E-state index contributed by atoms with van der Waals surface area (Å²) >= 11 is 0. The van der Waals surface area contributed by atoms with Crippen LogP contribution in [0.3, 0.4) is 0 Å². The Balaban J connectivity index is -0.000000127. The van der Waals surface area contributed by atoms with Crippen LogP contribution in [0.25, 0.3) is 0 Å². The van der Waals surface area contributed by atoms with E-state index in [4.69, 9.17) is 0 Å². The molecule has 90 heavy (non-hydrogen) atoms. The van der Waals surface area contributed by atoms with Gasteiger partial charge in [0.15, 0.2) is 0 Å². The summed E-state index contributed by atoms with van der Waals surface area (Å²) in [5.41, 5.74) is 0. The van der Waals surface area contributed by atoms with Crippen molar-refractivity contribution in [3.8, 4) is 0 Å². The predicted octanol–water partition coefficient (Wildman–Crippen LogP) is 16.3. The van der Waals surface area contributed by atoms with Gasteiger partial charge in [-0.3, -0.25) is 0 Å². The van der Waals surface area contributed by atoms with Gasteiger partial charge >= 0.3 is 58.4 Å². The normalized spacial score (nSPS) is 32.1. The molecule has 5 heterocycles. The number of nitrogens with one attached hydrogen (secondary N) is 5. The molecule has 541 valence electrons. The van der Waals surface area contributed by atoms with Crippen LogP contribution in [-0.4, -0.2) is 350 Å². The molecule has 0 aliphatic carbocycles. The molecule has 3 radical (unpaired) electrons. The fraction of sp³-hybridized carbons (Fsp3) is 0.938. The fourth-order valence-electron chi connectivity index (χ4n) is 10.8. The molecule has 5 N–H and O–H groups in total. The number of hydrogen-bond donors (Lipinski definition) is 5. The van der Waals surface area contributed by atoms with Crippen molar-refractivity contribution in [3.05, 3.63) is 29.7 Å². The van der Waals surface area contributed by atoms with E-state index in [1.807, 2.05) is 0 Å². The molecule has 5 nitrogen and oxygen atoms in total. The molecule has 5 rings (SSSR count). The standard InChI is InChI=1S/3C13H30NP3.2C11H26NP3.4CH3.3Ru.2Y/c3*1-15-8-4-10-16(2)12-6-14-7-13-17(3)11-5-9-15;2*1-13-6-4-12-5-7-14(2)9-11-15(3)10-8-13;;;;;;;;;/h3*14H,4-13H2,1-3H3;2*12H,4-11H2,1-3H3;4*1H3;;;;;/q;;;;;4*-1;2*+2;+3;;/p+9. The van der Waals surface area contributed by atoms with Gasteiger partial charge in [-0.25, -0.2) is 0 Å². The Hall–Kier alpha value is 10.3. The summed E-state index contributed by atoms with van der Waals surface area (Å²) < 4.78 is 0. The maximum absolute atomic E-state index is 3.67. The first-order valence-corrected chi connectivity index (χ1v) is 68.6. The van der Waals surface area contributed by atoms with E-state index in [2.05, 4.69) is 127 Å². The molecule has 0 amide bonds. The second-order valence-electron chi connectivity index (χ2n) is 26.8. The minimum Gasteiger partial charge on any atom is -0.358 e. The first kappa shape index (κ1) is 119. The van der Waals surface area contributed by atoms with Crippen LogP contribution in [0.4, 0.5) is 0 Å². The summed E-state index contributed by atoms with van der Waals surface area (Å²) in [6.45, 7) is 50.8. The molecule has 10 unspecified atom stereocenters. The summed E-state index contributed by atoms with van der Waals surface area (Å²) in [5.74, 6) is 0. The molecule has 5 saturated heterocycles. The van der Waals surface area contributed by atoms with Crippen LogP contribution in [0.2, 0.25) is 0 Å². The molecule has 0 aromatic heterocycles. The van der Waals surface area contributed by atoms with E-state index in [0.29, 0.717) is 47.5 Å². The zero-order valence-corrected chi connectivity index (χ0v) is 88.7. The van der Waals surface area contributed by atoms with E-state index >= 15 is 0 Å². The third-order valence-corrected chi connectivity index (χ3v) is 52.3. The van der Waals surface area contributed by atoms with E-state index in [9.17, 15) is 0 Å². The minimum absolute atomic E-state index is 0. The van der Waals surface area contributed by atoms with Crippen molar-refractivity contribution < 1.29 is 124 Å². The predicted molar refractivity (Wildman–Crippen MR) is 469 cm³/mol. The Morgan fingerprint density at radius 1 is 0.200 bits per heavy atom. The molecule has 10 atom stereocenters. The van der Waals surface area contributed by atoms with Gasteiger partial charge in [-0.05, 0) is 200 Å². The van der Waals surface area contributed by atoms with Crippen LogP contribution in [0.5, 0.6) is 0 Å². The van der Waals surface area contributed by atoms with Gasteiger partial charge in [0.1, 0.15) is 0 Å². The first-order chi connectivity index (χ1) is 38.9. The van der Waals surface area contributed by atoms with Crippen LogP contribution in [0, 0.1) is 29.7 Å². The Kier molecular flexibility index (Phi) is 112. The van der Waals surface area contributed by atoms with Gasteiger partial charge in [0.2, 0.25) is 0 Å². The number of hydrogen-bond acceptors (Lipinski definition) is 5. The zero-order valence-electron chi connectivity index (χ0n) is 63.4. The van der Waals surface area contributed by atoms with E-state index in [0.717, 1.165) is 0 Å². The molecule has 25 heteroatoms. The average Bonchev–Trinajstić information content (AvgIpc) is 3.49. The van der Waals surface area contributed by atoms with Crippen LogP contribution in [0.15, 0.2) is 0 Å². The molecule has 5 aliphatic rings. The summed E-state index contributed by atoms with van der Waals surface area (Å²) in [5, 5.41) is 18.2. The van der Waals surface area contributed by atoms with E-state index in [1.54, 1.807) is 112 Å². The smallest absolute Gasteiger partial charge is 0.358 e. The van der Waals surface area contributed by atoms with Crippen LogP contribution >= 0.6 is 119 Å². The zero-order chi connectivity index (χ0) is 59.7. The fourth-order valence-corrected chi connectivity index (χ4v) is 43.4. The van der Waals surface area contributed by atoms with Gasteiger partial charge in [0, 0.05) is 214 Å². The largest absolute Gasteiger partial charge is 3.00 e. The Morgan fingerprint density at radius 2 is 0.344 bits per heavy atom. The summed E-state index contributed by atoms with van der Waals surface area (Å²) in [6.07, 6.45) is 55.1. The van der Waals surface area contributed by atoms with Crippen molar-refractivity contribution in [2.24, 2.45) is 0 Å².